The van der Waals surface area contributed by atoms with E-state index in [1.54, 1.807) is 76.4 Å². The zero-order chi connectivity index (χ0) is 47.5. The minimum atomic E-state index is -1.21. The molecule has 0 radical (unpaired) electrons. The third-order valence-corrected chi connectivity index (χ3v) is 12.9. The number of hydrogen-bond acceptors (Lipinski definition) is 14. The Bertz CT molecular complexity index is 1970. The summed E-state index contributed by atoms with van der Waals surface area (Å²) in [6.45, 7) is 12.8. The second-order valence-electron chi connectivity index (χ2n) is 18.2. The minimum absolute atomic E-state index is 0.0268. The molecule has 0 unspecified atom stereocenters. The van der Waals surface area contributed by atoms with Crippen molar-refractivity contribution in [3.63, 3.8) is 0 Å². The predicted octanol–water partition coefficient (Wildman–Crippen LogP) is 7.46. The summed E-state index contributed by atoms with van der Waals surface area (Å²) in [5.74, 6) is -3.75. The molecule has 5 rings (SSSR count). The van der Waals surface area contributed by atoms with E-state index in [0.717, 1.165) is 11.8 Å². The molecule has 0 aliphatic carbocycles. The number of nitrogens with zero attached hydrogens (tertiary/aromatic N) is 1. The molecule has 0 bridgehead atoms. The van der Waals surface area contributed by atoms with Crippen LogP contribution in [-0.4, -0.2) is 124 Å². The van der Waals surface area contributed by atoms with Gasteiger partial charge in [-0.2, -0.15) is 0 Å². The highest BCUT2D eigenvalue weighted by Gasteiger charge is 2.53. The first-order valence-corrected chi connectivity index (χ1v) is 22.5. The van der Waals surface area contributed by atoms with Crippen LogP contribution in [0.25, 0.3) is 0 Å². The molecule has 0 aromatic heterocycles. The summed E-state index contributed by atoms with van der Waals surface area (Å²) in [5.41, 5.74) is -0.737. The summed E-state index contributed by atoms with van der Waals surface area (Å²) in [6, 6.07) is 26.4. The van der Waals surface area contributed by atoms with Crippen molar-refractivity contribution >= 4 is 24.2 Å². The van der Waals surface area contributed by atoms with Crippen molar-refractivity contribution in [3.8, 4) is 0 Å². The molecule has 2 saturated heterocycles. The van der Waals surface area contributed by atoms with Gasteiger partial charge in [0.2, 0.25) is 0 Å². The second-order valence-corrected chi connectivity index (χ2v) is 18.2. The molecule has 14 atom stereocenters. The fourth-order valence-electron chi connectivity index (χ4n) is 9.10. The summed E-state index contributed by atoms with van der Waals surface area (Å²) in [4.78, 5) is 55.6. The molecule has 3 aromatic carbocycles. The van der Waals surface area contributed by atoms with Gasteiger partial charge in [-0.05, 0) is 91.4 Å². The molecule has 3 aromatic rings. The minimum Gasteiger partial charge on any atom is -0.461 e. The summed E-state index contributed by atoms with van der Waals surface area (Å²) < 4.78 is 57.9. The zero-order valence-corrected chi connectivity index (χ0v) is 39.7. The summed E-state index contributed by atoms with van der Waals surface area (Å²) in [5, 5.41) is 0. The van der Waals surface area contributed by atoms with E-state index in [1.807, 2.05) is 89.2 Å². The quantitative estimate of drug-likeness (QED) is 0.0590. The Kier molecular flexibility index (Phi) is 18.4. The van der Waals surface area contributed by atoms with Crippen LogP contribution in [-0.2, 0) is 58.8 Å². The van der Waals surface area contributed by atoms with Gasteiger partial charge in [-0.1, -0.05) is 80.6 Å². The van der Waals surface area contributed by atoms with Crippen LogP contribution in [0.15, 0.2) is 91.0 Å². The predicted molar refractivity (Wildman–Crippen MR) is 242 cm³/mol. The number of esters is 3. The molecule has 356 valence electrons. The molecule has 14 nitrogen and oxygen atoms in total. The van der Waals surface area contributed by atoms with Crippen LogP contribution in [0.5, 0.6) is 0 Å². The summed E-state index contributed by atoms with van der Waals surface area (Å²) >= 11 is 0. The summed E-state index contributed by atoms with van der Waals surface area (Å²) in [7, 11) is 6.90. The Morgan fingerprint density at radius 3 is 1.95 bits per heavy atom. The van der Waals surface area contributed by atoms with Crippen molar-refractivity contribution in [3.05, 3.63) is 108 Å². The van der Waals surface area contributed by atoms with E-state index in [9.17, 15) is 19.2 Å². The molecule has 2 fully saturated rings. The van der Waals surface area contributed by atoms with Crippen molar-refractivity contribution < 1.29 is 61.8 Å². The average molecular weight is 904 g/mol. The smallest absolute Gasteiger partial charge is 0.338 e. The molecule has 2 aliphatic heterocycles. The number of likely N-dealkylation sites (N-methyl/N-ethyl adjacent to an activating group) is 1. The van der Waals surface area contributed by atoms with Crippen molar-refractivity contribution in [1.82, 2.24) is 4.90 Å². The number of aldehydes is 1. The Morgan fingerprint density at radius 2 is 1.42 bits per heavy atom. The van der Waals surface area contributed by atoms with E-state index in [2.05, 4.69) is 0 Å². The van der Waals surface area contributed by atoms with Crippen LogP contribution < -0.4 is 0 Å². The normalized spacial score (nSPS) is 27.8. The Morgan fingerprint density at radius 1 is 0.846 bits per heavy atom. The van der Waals surface area contributed by atoms with Gasteiger partial charge in [0.15, 0.2) is 24.8 Å². The Balaban J connectivity index is 1.54. The highest BCUT2D eigenvalue weighted by molar-refractivity contribution is 5.90. The van der Waals surface area contributed by atoms with Crippen LogP contribution in [0.3, 0.4) is 0 Å². The van der Waals surface area contributed by atoms with Crippen LogP contribution in [0.4, 0.5) is 0 Å². The zero-order valence-electron chi connectivity index (χ0n) is 39.7. The number of methoxy groups -OCH3 is 2. The van der Waals surface area contributed by atoms with Gasteiger partial charge in [-0.3, -0.25) is 4.79 Å². The topological polar surface area (TPSA) is 155 Å². The first-order chi connectivity index (χ1) is 30.9. The standard InChI is InChI=1S/C51H69NO13/c1-32(30-53)28-50(6,57-10)44(65-49-43(40(52(8)9)27-33(2)60-49)63-47(55)38-23-17-13-18-24-38)34(3)42(35(4)46(54)59-31-37-21-15-12-16-22-37)62-41-29-51(7,58-11)45(36(5)61-41)64-48(56)39-25-19-14-20-26-39/h12-26,30,32-36,40-45,49H,27-29,31H2,1-11H3/t32-,33-,34+,35-,36+,40+,41+,42+,43-,44-,45+,49+,50-,51-/m1/s1. The lowest BCUT2D eigenvalue weighted by atomic mass is 9.77. The number of benzene rings is 3. The maximum absolute atomic E-state index is 14.3. The number of ether oxygens (including phenoxy) is 9. The molecule has 0 saturated carbocycles. The third-order valence-electron chi connectivity index (χ3n) is 12.9. The van der Waals surface area contributed by atoms with Crippen molar-refractivity contribution in [2.75, 3.05) is 28.3 Å². The van der Waals surface area contributed by atoms with Crippen LogP contribution >= 0.6 is 0 Å². The van der Waals surface area contributed by atoms with Crippen molar-refractivity contribution in [2.24, 2.45) is 17.8 Å². The van der Waals surface area contributed by atoms with E-state index in [-0.39, 0.29) is 31.6 Å². The molecule has 65 heavy (non-hydrogen) atoms. The van der Waals surface area contributed by atoms with Crippen LogP contribution in [0.2, 0.25) is 0 Å². The van der Waals surface area contributed by atoms with Gasteiger partial charge in [-0.25, -0.2) is 9.59 Å². The van der Waals surface area contributed by atoms with Crippen LogP contribution in [0.1, 0.15) is 94.0 Å². The second kappa shape index (κ2) is 23.3. The van der Waals surface area contributed by atoms with Gasteiger partial charge < -0.3 is 52.3 Å². The lowest BCUT2D eigenvalue weighted by Crippen LogP contribution is -2.61. The number of rotatable bonds is 21. The average Bonchev–Trinajstić information content (AvgIpc) is 3.31. The lowest BCUT2D eigenvalue weighted by molar-refractivity contribution is -0.318. The maximum atomic E-state index is 14.3. The monoisotopic (exact) mass is 903 g/mol. The van der Waals surface area contributed by atoms with Crippen molar-refractivity contribution in [2.45, 2.75) is 141 Å². The Labute approximate surface area is 384 Å². The highest BCUT2D eigenvalue weighted by Crippen LogP contribution is 2.41. The van der Waals surface area contributed by atoms with Crippen LogP contribution in [0, 0.1) is 17.8 Å². The number of carbonyl (C=O) groups excluding carboxylic acids is 4. The van der Waals surface area contributed by atoms with Gasteiger partial charge in [0.05, 0.1) is 53.1 Å². The van der Waals surface area contributed by atoms with E-state index >= 15 is 0 Å². The number of carbonyl (C=O) groups is 4. The fraction of sp³-hybridized carbons (Fsp3) is 0.569. The van der Waals surface area contributed by atoms with E-state index in [4.69, 9.17) is 42.6 Å². The third kappa shape index (κ3) is 13.1. The molecule has 2 heterocycles. The maximum Gasteiger partial charge on any atom is 0.338 e. The fourth-order valence-corrected chi connectivity index (χ4v) is 9.10. The van der Waals surface area contributed by atoms with Gasteiger partial charge in [0.25, 0.3) is 0 Å². The molecule has 14 heteroatoms. The molecule has 0 N–H and O–H groups in total. The number of hydrogen-bond donors (Lipinski definition) is 0. The largest absolute Gasteiger partial charge is 0.461 e. The first-order valence-electron chi connectivity index (χ1n) is 22.5. The highest BCUT2D eigenvalue weighted by atomic mass is 16.7. The molecule has 0 amide bonds. The lowest BCUT2D eigenvalue weighted by Gasteiger charge is -2.50. The van der Waals surface area contributed by atoms with E-state index in [0.29, 0.717) is 17.5 Å². The van der Waals surface area contributed by atoms with Gasteiger partial charge in [0.1, 0.15) is 18.5 Å². The molecular formula is C51H69NO13. The van der Waals surface area contributed by atoms with E-state index in [1.165, 1.54) is 7.11 Å². The molecule has 2 aliphatic rings. The van der Waals surface area contributed by atoms with Gasteiger partial charge in [0, 0.05) is 32.5 Å². The Hall–Kier alpha value is -4.54. The molecular weight excluding hydrogens is 835 g/mol. The van der Waals surface area contributed by atoms with E-state index < -0.39 is 90.0 Å². The van der Waals surface area contributed by atoms with Crippen molar-refractivity contribution in [1.29, 1.82) is 0 Å². The van der Waals surface area contributed by atoms with Gasteiger partial charge in [-0.15, -0.1) is 0 Å². The summed E-state index contributed by atoms with van der Waals surface area (Å²) in [6.07, 6.45) is -5.15. The molecule has 0 spiro atoms. The van der Waals surface area contributed by atoms with Gasteiger partial charge >= 0.3 is 17.9 Å². The first kappa shape index (κ1) is 51.4. The SMILES string of the molecule is CO[C@](C)(C[C@@H](C)C=O)[C@H](O[C@@H]1O[C@H](C)C[C@H](N(C)C)[C@H]1OC(=O)c1ccccc1)[C@@H](C)[C@H](O[C@H]1C[C@@](C)(OC)[C@@H](OC(=O)c2ccccc2)[C@H](C)O1)[C@@H](C)C(=O)OCc1ccccc1.